The molecule has 3 rings (SSSR count). The van der Waals surface area contributed by atoms with Crippen LogP contribution in [0.2, 0.25) is 0 Å². The molecular weight excluding hydrogens is 328 g/mol. The van der Waals surface area contributed by atoms with Gasteiger partial charge in [0.15, 0.2) is 11.7 Å². The molecule has 7 heteroatoms. The first kappa shape index (κ1) is 17.9. The summed E-state index contributed by atoms with van der Waals surface area (Å²) in [5.41, 5.74) is 2.20. The molecule has 136 valence electrons. The SMILES string of the molecule is C=C(C)NC(=Nc1ccc(C(=O)N2CCNCC2)cc1)c1nccn1C. The van der Waals surface area contributed by atoms with Gasteiger partial charge in [0.05, 0.1) is 5.69 Å². The second-order valence-electron chi connectivity index (χ2n) is 6.32. The minimum absolute atomic E-state index is 0.0615. The van der Waals surface area contributed by atoms with Gasteiger partial charge in [0.2, 0.25) is 0 Å². The average Bonchev–Trinajstić information content (AvgIpc) is 3.07. The van der Waals surface area contributed by atoms with Gasteiger partial charge in [-0.25, -0.2) is 9.98 Å². The van der Waals surface area contributed by atoms with Gasteiger partial charge in [0.1, 0.15) is 0 Å². The summed E-state index contributed by atoms with van der Waals surface area (Å²) in [6.45, 7) is 8.91. The van der Waals surface area contributed by atoms with E-state index >= 15 is 0 Å². The van der Waals surface area contributed by atoms with E-state index in [-0.39, 0.29) is 5.91 Å². The number of benzene rings is 1. The quantitative estimate of drug-likeness (QED) is 0.648. The summed E-state index contributed by atoms with van der Waals surface area (Å²) in [4.78, 5) is 23.4. The number of nitrogens with zero attached hydrogens (tertiary/aromatic N) is 4. The number of piperazine rings is 1. The maximum atomic E-state index is 12.5. The lowest BCUT2D eigenvalue weighted by atomic mass is 10.1. The molecule has 7 nitrogen and oxygen atoms in total. The van der Waals surface area contributed by atoms with E-state index < -0.39 is 0 Å². The van der Waals surface area contributed by atoms with Crippen LogP contribution in [-0.4, -0.2) is 52.4 Å². The number of nitrogens with one attached hydrogen (secondary N) is 2. The predicted octanol–water partition coefficient (Wildman–Crippen LogP) is 1.67. The van der Waals surface area contributed by atoms with Crippen molar-refractivity contribution in [1.82, 2.24) is 25.1 Å². The zero-order chi connectivity index (χ0) is 18.5. The van der Waals surface area contributed by atoms with Crippen LogP contribution < -0.4 is 10.6 Å². The second-order valence-corrected chi connectivity index (χ2v) is 6.32. The Balaban J connectivity index is 1.81. The molecule has 0 radical (unpaired) electrons. The Kier molecular flexibility index (Phi) is 5.48. The Labute approximate surface area is 153 Å². The van der Waals surface area contributed by atoms with Crippen LogP contribution in [0.1, 0.15) is 23.1 Å². The van der Waals surface area contributed by atoms with Gasteiger partial charge in [-0.3, -0.25) is 4.79 Å². The van der Waals surface area contributed by atoms with Crippen molar-refractivity contribution in [2.45, 2.75) is 6.92 Å². The fourth-order valence-corrected chi connectivity index (χ4v) is 2.79. The van der Waals surface area contributed by atoms with E-state index in [1.807, 2.05) is 53.9 Å². The molecule has 0 bridgehead atoms. The van der Waals surface area contributed by atoms with Gasteiger partial charge in [-0.15, -0.1) is 0 Å². The third-order valence-electron chi connectivity index (χ3n) is 4.12. The van der Waals surface area contributed by atoms with Crippen molar-refractivity contribution in [2.75, 3.05) is 26.2 Å². The number of imidazole rings is 1. The van der Waals surface area contributed by atoms with E-state index in [0.717, 1.165) is 37.6 Å². The van der Waals surface area contributed by atoms with Gasteiger partial charge in [-0.2, -0.15) is 0 Å². The number of amidine groups is 1. The summed E-state index contributed by atoms with van der Waals surface area (Å²) < 4.78 is 1.89. The Bertz CT molecular complexity index is 815. The zero-order valence-corrected chi connectivity index (χ0v) is 15.2. The summed E-state index contributed by atoms with van der Waals surface area (Å²) in [6.07, 6.45) is 3.58. The summed E-state index contributed by atoms with van der Waals surface area (Å²) in [7, 11) is 1.91. The number of aromatic nitrogens is 2. The van der Waals surface area contributed by atoms with Crippen LogP contribution in [0.3, 0.4) is 0 Å². The number of carbonyl (C=O) groups is 1. The van der Waals surface area contributed by atoms with Crippen molar-refractivity contribution in [3.05, 3.63) is 60.3 Å². The van der Waals surface area contributed by atoms with E-state index in [9.17, 15) is 4.79 Å². The molecule has 1 aromatic heterocycles. The molecule has 1 fully saturated rings. The lowest BCUT2D eigenvalue weighted by Gasteiger charge is -2.27. The first-order valence-corrected chi connectivity index (χ1v) is 8.63. The number of aryl methyl sites for hydroxylation is 1. The molecule has 0 saturated carbocycles. The van der Waals surface area contributed by atoms with Crippen LogP contribution in [0.25, 0.3) is 0 Å². The highest BCUT2D eigenvalue weighted by atomic mass is 16.2. The fraction of sp³-hybridized carbons (Fsp3) is 0.316. The van der Waals surface area contributed by atoms with Gasteiger partial charge >= 0.3 is 0 Å². The molecule has 2 N–H and O–H groups in total. The molecular formula is C19H24N6O. The Morgan fingerprint density at radius 2 is 1.96 bits per heavy atom. The minimum atomic E-state index is 0.0615. The molecule has 26 heavy (non-hydrogen) atoms. The first-order valence-electron chi connectivity index (χ1n) is 8.63. The molecule has 1 saturated heterocycles. The van der Waals surface area contributed by atoms with Crippen molar-refractivity contribution in [3.63, 3.8) is 0 Å². The summed E-state index contributed by atoms with van der Waals surface area (Å²) in [6, 6.07) is 7.33. The molecule has 1 aliphatic rings. The molecule has 0 unspecified atom stereocenters. The highest BCUT2D eigenvalue weighted by Crippen LogP contribution is 2.16. The van der Waals surface area contributed by atoms with Gasteiger partial charge in [-0.05, 0) is 31.2 Å². The predicted molar refractivity (Wildman–Crippen MR) is 103 cm³/mol. The standard InChI is InChI=1S/C19H24N6O/c1-14(2)22-17(18-21-10-11-24(18)3)23-16-6-4-15(5-7-16)19(26)25-12-8-20-9-13-25/h4-7,10-11,20H,1,8-9,12-13H2,2-3H3,(H,22,23). The van der Waals surface area contributed by atoms with Gasteiger partial charge in [0, 0.05) is 56.9 Å². The van der Waals surface area contributed by atoms with Crippen LogP contribution >= 0.6 is 0 Å². The monoisotopic (exact) mass is 352 g/mol. The molecule has 1 aliphatic heterocycles. The smallest absolute Gasteiger partial charge is 0.253 e. The molecule has 2 heterocycles. The Hall–Kier alpha value is -2.93. The van der Waals surface area contributed by atoms with Crippen molar-refractivity contribution < 1.29 is 4.79 Å². The van der Waals surface area contributed by atoms with Crippen LogP contribution in [-0.2, 0) is 7.05 Å². The van der Waals surface area contributed by atoms with Crippen molar-refractivity contribution >= 4 is 17.4 Å². The number of amides is 1. The highest BCUT2D eigenvalue weighted by Gasteiger charge is 2.17. The van der Waals surface area contributed by atoms with Crippen molar-refractivity contribution in [3.8, 4) is 0 Å². The zero-order valence-electron chi connectivity index (χ0n) is 15.2. The number of hydrogen-bond donors (Lipinski definition) is 2. The molecule has 1 amide bonds. The largest absolute Gasteiger partial charge is 0.342 e. The average molecular weight is 352 g/mol. The Morgan fingerprint density at radius 3 is 2.54 bits per heavy atom. The van der Waals surface area contributed by atoms with E-state index in [2.05, 4.69) is 27.2 Å². The van der Waals surface area contributed by atoms with Crippen LogP contribution in [0, 0.1) is 0 Å². The number of aliphatic imine (C=N–C) groups is 1. The number of hydrogen-bond acceptors (Lipinski definition) is 4. The highest BCUT2D eigenvalue weighted by molar-refractivity contribution is 5.99. The normalized spacial score (nSPS) is 15.0. The van der Waals surface area contributed by atoms with Crippen LogP contribution in [0.5, 0.6) is 0 Å². The van der Waals surface area contributed by atoms with E-state index in [1.54, 1.807) is 6.20 Å². The lowest BCUT2D eigenvalue weighted by Crippen LogP contribution is -2.46. The van der Waals surface area contributed by atoms with Crippen LogP contribution in [0.15, 0.2) is 53.9 Å². The molecule has 1 aromatic carbocycles. The summed E-state index contributed by atoms with van der Waals surface area (Å²) >= 11 is 0. The molecule has 0 aliphatic carbocycles. The Morgan fingerprint density at radius 1 is 1.27 bits per heavy atom. The van der Waals surface area contributed by atoms with E-state index in [1.165, 1.54) is 0 Å². The van der Waals surface area contributed by atoms with Gasteiger partial charge in [0.25, 0.3) is 5.91 Å². The van der Waals surface area contributed by atoms with Crippen LogP contribution in [0.4, 0.5) is 5.69 Å². The minimum Gasteiger partial charge on any atom is -0.342 e. The maximum Gasteiger partial charge on any atom is 0.253 e. The first-order chi connectivity index (χ1) is 12.5. The number of rotatable bonds is 4. The third-order valence-corrected chi connectivity index (χ3v) is 4.12. The molecule has 0 spiro atoms. The second kappa shape index (κ2) is 7.97. The van der Waals surface area contributed by atoms with Gasteiger partial charge < -0.3 is 20.1 Å². The van der Waals surface area contributed by atoms with Gasteiger partial charge in [-0.1, -0.05) is 6.58 Å². The lowest BCUT2D eigenvalue weighted by molar-refractivity contribution is 0.0736. The fourth-order valence-electron chi connectivity index (χ4n) is 2.79. The topological polar surface area (TPSA) is 74.6 Å². The number of allylic oxidation sites excluding steroid dienone is 1. The summed E-state index contributed by atoms with van der Waals surface area (Å²) in [5, 5.41) is 6.40. The third kappa shape index (κ3) is 4.18. The van der Waals surface area contributed by atoms with Crippen molar-refractivity contribution in [2.24, 2.45) is 12.0 Å². The molecule has 0 atom stereocenters. The number of carbonyl (C=O) groups excluding carboxylic acids is 1. The summed E-state index contributed by atoms with van der Waals surface area (Å²) in [5.74, 6) is 1.39. The van der Waals surface area contributed by atoms with E-state index in [0.29, 0.717) is 17.2 Å². The maximum absolute atomic E-state index is 12.5. The van der Waals surface area contributed by atoms with Crippen molar-refractivity contribution in [1.29, 1.82) is 0 Å². The van der Waals surface area contributed by atoms with E-state index in [4.69, 9.17) is 0 Å². The molecule has 2 aromatic rings.